The van der Waals surface area contributed by atoms with Crippen molar-refractivity contribution in [3.8, 4) is 0 Å². The first-order chi connectivity index (χ1) is 4.20. The molecule has 3 heteroatoms. The molecule has 0 N–H and O–H groups in total. The predicted octanol–water partition coefficient (Wildman–Crippen LogP) is 3.25. The number of allylic oxidation sites excluding steroid dienone is 4. The van der Waals surface area contributed by atoms with Gasteiger partial charge in [0.15, 0.2) is 0 Å². The van der Waals surface area contributed by atoms with Crippen LogP contribution in [0.5, 0.6) is 0 Å². The maximum absolute atomic E-state index is 12.4. The molecular weight excluding hydrogens is 237 g/mol. The van der Waals surface area contributed by atoms with Gasteiger partial charge in [0.2, 0.25) is 0 Å². The van der Waals surface area contributed by atoms with Gasteiger partial charge >= 0.3 is 0 Å². The highest BCUT2D eigenvalue weighted by molar-refractivity contribution is 14.1. The minimum atomic E-state index is -0.417. The molecule has 0 unspecified atom stereocenters. The fraction of sp³-hybridized carbons (Fsp3) is 0.333. The lowest BCUT2D eigenvalue weighted by Crippen LogP contribution is -1.87. The quantitative estimate of drug-likeness (QED) is 0.572. The highest BCUT2D eigenvalue weighted by Crippen LogP contribution is 2.29. The van der Waals surface area contributed by atoms with Gasteiger partial charge in [-0.1, -0.05) is 0 Å². The van der Waals surface area contributed by atoms with Crippen LogP contribution in [0.2, 0.25) is 0 Å². The van der Waals surface area contributed by atoms with Gasteiger partial charge in [-0.25, -0.2) is 8.78 Å². The van der Waals surface area contributed by atoms with Gasteiger partial charge in [-0.15, -0.1) is 0 Å². The molecule has 0 bridgehead atoms. The molecular formula is C6H5F2I. The minimum Gasteiger partial charge on any atom is -0.212 e. The summed E-state index contributed by atoms with van der Waals surface area (Å²) in [6.45, 7) is 0. The third kappa shape index (κ3) is 1.74. The van der Waals surface area contributed by atoms with E-state index in [-0.39, 0.29) is 5.83 Å². The zero-order valence-electron chi connectivity index (χ0n) is 4.63. The minimum absolute atomic E-state index is 0.353. The molecule has 0 amide bonds. The topological polar surface area (TPSA) is 0 Å². The Hall–Kier alpha value is 0.0700. The Bertz CT molecular complexity index is 181. The van der Waals surface area contributed by atoms with Crippen molar-refractivity contribution in [1.82, 2.24) is 0 Å². The Morgan fingerprint density at radius 2 is 2.00 bits per heavy atom. The van der Waals surface area contributed by atoms with E-state index in [4.69, 9.17) is 0 Å². The lowest BCUT2D eigenvalue weighted by atomic mass is 10.2. The van der Waals surface area contributed by atoms with Crippen LogP contribution in [0.1, 0.15) is 12.8 Å². The van der Waals surface area contributed by atoms with Crippen LogP contribution in [0.15, 0.2) is 21.3 Å². The zero-order chi connectivity index (χ0) is 6.85. The number of hydrogen-bond donors (Lipinski definition) is 0. The molecule has 1 rings (SSSR count). The van der Waals surface area contributed by atoms with E-state index in [1.165, 1.54) is 0 Å². The van der Waals surface area contributed by atoms with E-state index in [0.29, 0.717) is 16.4 Å². The van der Waals surface area contributed by atoms with E-state index in [1.54, 1.807) is 0 Å². The summed E-state index contributed by atoms with van der Waals surface area (Å²) >= 11 is 1.89. The van der Waals surface area contributed by atoms with Crippen LogP contribution in [-0.4, -0.2) is 0 Å². The Morgan fingerprint density at radius 3 is 2.44 bits per heavy atom. The monoisotopic (exact) mass is 242 g/mol. The van der Waals surface area contributed by atoms with Crippen molar-refractivity contribution in [3.05, 3.63) is 21.3 Å². The SMILES string of the molecule is FC1=CC(F)=C(I)CC1. The molecule has 0 spiro atoms. The Balaban J connectivity index is 2.83. The summed E-state index contributed by atoms with van der Waals surface area (Å²) in [4.78, 5) is 0. The molecule has 0 aromatic heterocycles. The second kappa shape index (κ2) is 2.77. The molecule has 0 aromatic carbocycles. The van der Waals surface area contributed by atoms with Crippen LogP contribution >= 0.6 is 22.6 Å². The smallest absolute Gasteiger partial charge is 0.135 e. The van der Waals surface area contributed by atoms with Gasteiger partial charge in [0.05, 0.1) is 0 Å². The lowest BCUT2D eigenvalue weighted by Gasteiger charge is -2.04. The highest BCUT2D eigenvalue weighted by Gasteiger charge is 2.09. The van der Waals surface area contributed by atoms with Crippen molar-refractivity contribution in [2.24, 2.45) is 0 Å². The highest BCUT2D eigenvalue weighted by atomic mass is 127. The third-order valence-electron chi connectivity index (χ3n) is 1.13. The van der Waals surface area contributed by atoms with Gasteiger partial charge in [0.1, 0.15) is 11.7 Å². The third-order valence-corrected chi connectivity index (χ3v) is 2.18. The van der Waals surface area contributed by atoms with Crippen molar-refractivity contribution >= 4 is 22.6 Å². The normalized spacial score (nSPS) is 20.1. The average Bonchev–Trinajstić information content (AvgIpc) is 1.80. The molecule has 50 valence electrons. The number of rotatable bonds is 0. The van der Waals surface area contributed by atoms with Crippen LogP contribution in [0.25, 0.3) is 0 Å². The molecule has 0 radical (unpaired) electrons. The van der Waals surface area contributed by atoms with Crippen molar-refractivity contribution in [2.45, 2.75) is 12.8 Å². The fourth-order valence-corrected chi connectivity index (χ4v) is 1.06. The standard InChI is InChI=1S/C6H5F2I/c7-4-1-2-6(9)5(8)3-4/h3H,1-2H2. The molecule has 9 heavy (non-hydrogen) atoms. The molecule has 1 aliphatic carbocycles. The van der Waals surface area contributed by atoms with Crippen LogP contribution in [-0.2, 0) is 0 Å². The molecule has 0 aliphatic heterocycles. The summed E-state index contributed by atoms with van der Waals surface area (Å²) in [5, 5.41) is 0. The Kier molecular flexibility index (Phi) is 2.21. The first-order valence-corrected chi connectivity index (χ1v) is 3.68. The van der Waals surface area contributed by atoms with Crippen LogP contribution in [0.3, 0.4) is 0 Å². The van der Waals surface area contributed by atoms with Gasteiger partial charge in [-0.2, -0.15) is 0 Å². The van der Waals surface area contributed by atoms with Crippen LogP contribution in [0.4, 0.5) is 8.78 Å². The Labute approximate surface area is 65.8 Å². The van der Waals surface area contributed by atoms with Gasteiger partial charge < -0.3 is 0 Å². The molecule has 0 saturated carbocycles. The van der Waals surface area contributed by atoms with Crippen LogP contribution < -0.4 is 0 Å². The summed E-state index contributed by atoms with van der Waals surface area (Å²) in [5.74, 6) is -0.771. The van der Waals surface area contributed by atoms with Gasteiger partial charge in [0, 0.05) is 16.1 Å². The molecule has 0 fully saturated rings. The molecule has 0 aromatic rings. The predicted molar refractivity (Wildman–Crippen MR) is 40.6 cm³/mol. The summed E-state index contributed by atoms with van der Waals surface area (Å²) in [7, 11) is 0. The van der Waals surface area contributed by atoms with Gasteiger partial charge in [-0.3, -0.25) is 0 Å². The first kappa shape index (κ1) is 7.18. The van der Waals surface area contributed by atoms with E-state index in [2.05, 4.69) is 0 Å². The first-order valence-electron chi connectivity index (χ1n) is 2.60. The van der Waals surface area contributed by atoms with Crippen LogP contribution in [0, 0.1) is 0 Å². The van der Waals surface area contributed by atoms with E-state index in [0.717, 1.165) is 6.08 Å². The molecule has 0 nitrogen and oxygen atoms in total. The summed E-state index contributed by atoms with van der Waals surface area (Å²) < 4.78 is 25.2. The summed E-state index contributed by atoms with van der Waals surface area (Å²) in [6.07, 6.45) is 1.81. The van der Waals surface area contributed by atoms with E-state index < -0.39 is 5.83 Å². The summed E-state index contributed by atoms with van der Waals surface area (Å²) in [6, 6.07) is 0. The lowest BCUT2D eigenvalue weighted by molar-refractivity contribution is 0.557. The molecule has 0 heterocycles. The van der Waals surface area contributed by atoms with Crippen molar-refractivity contribution in [1.29, 1.82) is 0 Å². The van der Waals surface area contributed by atoms with E-state index >= 15 is 0 Å². The molecule has 0 atom stereocenters. The molecule has 0 saturated heterocycles. The summed E-state index contributed by atoms with van der Waals surface area (Å²) in [5.41, 5.74) is 0. The Morgan fingerprint density at radius 1 is 1.33 bits per heavy atom. The zero-order valence-corrected chi connectivity index (χ0v) is 6.78. The van der Waals surface area contributed by atoms with Gasteiger partial charge in [-0.05, 0) is 29.0 Å². The number of halogens is 3. The van der Waals surface area contributed by atoms with Crippen molar-refractivity contribution in [2.75, 3.05) is 0 Å². The molecule has 1 aliphatic rings. The second-order valence-corrected chi connectivity index (χ2v) is 3.15. The number of hydrogen-bond acceptors (Lipinski definition) is 0. The second-order valence-electron chi connectivity index (χ2n) is 1.84. The fourth-order valence-electron chi connectivity index (χ4n) is 0.637. The van der Waals surface area contributed by atoms with Gasteiger partial charge in [0.25, 0.3) is 0 Å². The largest absolute Gasteiger partial charge is 0.212 e. The van der Waals surface area contributed by atoms with Crippen molar-refractivity contribution < 1.29 is 8.78 Å². The van der Waals surface area contributed by atoms with Crippen molar-refractivity contribution in [3.63, 3.8) is 0 Å². The maximum atomic E-state index is 12.4. The average molecular weight is 242 g/mol. The maximum Gasteiger partial charge on any atom is 0.135 e. The van der Waals surface area contributed by atoms with E-state index in [1.807, 2.05) is 22.6 Å². The van der Waals surface area contributed by atoms with E-state index in [9.17, 15) is 8.78 Å².